The van der Waals surface area contributed by atoms with E-state index >= 15 is 0 Å². The molecule has 2 atom stereocenters. The lowest BCUT2D eigenvalue weighted by molar-refractivity contribution is 0.0892. The Morgan fingerprint density at radius 1 is 1.00 bits per heavy atom. The van der Waals surface area contributed by atoms with Crippen molar-refractivity contribution in [3.63, 3.8) is 0 Å². The van der Waals surface area contributed by atoms with Crippen molar-refractivity contribution in [3.05, 3.63) is 63.9 Å². The minimum absolute atomic E-state index is 0.236. The molecule has 2 aromatic heterocycles. The summed E-state index contributed by atoms with van der Waals surface area (Å²) in [6.07, 6.45) is 3.31. The smallest absolute Gasteiger partial charge is 0.253 e. The summed E-state index contributed by atoms with van der Waals surface area (Å²) in [5.41, 5.74) is 1.50. The zero-order valence-electron chi connectivity index (χ0n) is 14.7. The Kier molecular flexibility index (Phi) is 5.68. The van der Waals surface area contributed by atoms with Crippen LogP contribution in [0.3, 0.4) is 0 Å². The second kappa shape index (κ2) is 7.98. The first-order chi connectivity index (χ1) is 12.9. The summed E-state index contributed by atoms with van der Waals surface area (Å²) in [7, 11) is 0. The highest BCUT2D eigenvalue weighted by Crippen LogP contribution is 2.21. The highest BCUT2D eigenvalue weighted by atomic mass is 35.5. The molecule has 0 aliphatic heterocycles. The van der Waals surface area contributed by atoms with Gasteiger partial charge in [0.1, 0.15) is 5.65 Å². The van der Waals surface area contributed by atoms with E-state index in [1.807, 2.05) is 13.8 Å². The number of carbonyl (C=O) groups excluding carboxylic acids is 2. The third-order valence-corrected chi connectivity index (χ3v) is 4.90. The highest BCUT2D eigenvalue weighted by Gasteiger charge is 2.20. The summed E-state index contributed by atoms with van der Waals surface area (Å²) in [4.78, 5) is 32.2. The van der Waals surface area contributed by atoms with Gasteiger partial charge in [-0.25, -0.2) is 4.98 Å². The molecule has 140 valence electrons. The van der Waals surface area contributed by atoms with Gasteiger partial charge in [-0.05, 0) is 44.2 Å². The van der Waals surface area contributed by atoms with Crippen LogP contribution in [0.25, 0.3) is 11.0 Å². The van der Waals surface area contributed by atoms with Gasteiger partial charge in [0.05, 0.1) is 16.1 Å². The fraction of sp³-hybridized carbons (Fsp3) is 0.211. The number of H-pyrrole nitrogens is 1. The lowest BCUT2D eigenvalue weighted by atomic mass is 10.1. The van der Waals surface area contributed by atoms with Crippen molar-refractivity contribution in [1.29, 1.82) is 0 Å². The van der Waals surface area contributed by atoms with Crippen LogP contribution in [0.1, 0.15) is 34.6 Å². The third kappa shape index (κ3) is 4.23. The van der Waals surface area contributed by atoms with E-state index in [9.17, 15) is 9.59 Å². The zero-order valence-corrected chi connectivity index (χ0v) is 16.2. The van der Waals surface area contributed by atoms with Gasteiger partial charge >= 0.3 is 0 Å². The molecular formula is C19H18Cl2N4O2. The fourth-order valence-electron chi connectivity index (χ4n) is 2.65. The number of amides is 2. The van der Waals surface area contributed by atoms with Crippen LogP contribution in [-0.2, 0) is 0 Å². The molecule has 3 rings (SSSR count). The number of fused-ring (bicyclic) bond motifs is 1. The number of hydrogen-bond donors (Lipinski definition) is 3. The van der Waals surface area contributed by atoms with Crippen molar-refractivity contribution in [3.8, 4) is 0 Å². The van der Waals surface area contributed by atoms with Gasteiger partial charge in [0.15, 0.2) is 0 Å². The third-order valence-electron chi connectivity index (χ3n) is 4.35. The number of halogens is 2. The van der Waals surface area contributed by atoms with Gasteiger partial charge in [-0.3, -0.25) is 9.59 Å². The zero-order chi connectivity index (χ0) is 19.6. The van der Waals surface area contributed by atoms with Gasteiger partial charge in [0.25, 0.3) is 11.8 Å². The van der Waals surface area contributed by atoms with Crippen molar-refractivity contribution in [1.82, 2.24) is 20.6 Å². The molecule has 1 aromatic carbocycles. The maximum atomic E-state index is 12.6. The number of pyridine rings is 1. The molecule has 0 saturated heterocycles. The Balaban J connectivity index is 1.66. The molecule has 0 aliphatic carbocycles. The predicted molar refractivity (Wildman–Crippen MR) is 106 cm³/mol. The first-order valence-corrected chi connectivity index (χ1v) is 9.11. The number of hydrogen-bond acceptors (Lipinski definition) is 3. The normalized spacial score (nSPS) is 13.2. The minimum Gasteiger partial charge on any atom is -0.348 e. The summed E-state index contributed by atoms with van der Waals surface area (Å²) in [6, 6.07) is 7.51. The van der Waals surface area contributed by atoms with Gasteiger partial charge in [0.2, 0.25) is 0 Å². The largest absolute Gasteiger partial charge is 0.348 e. The Bertz CT molecular complexity index is 1000. The summed E-state index contributed by atoms with van der Waals surface area (Å²) in [6.45, 7) is 3.63. The van der Waals surface area contributed by atoms with Crippen molar-refractivity contribution < 1.29 is 9.59 Å². The lowest BCUT2D eigenvalue weighted by Crippen LogP contribution is -2.48. The number of rotatable bonds is 5. The number of aromatic amines is 1. The van der Waals surface area contributed by atoms with Crippen LogP contribution in [0.2, 0.25) is 10.0 Å². The number of carbonyl (C=O) groups is 2. The molecule has 8 heteroatoms. The highest BCUT2D eigenvalue weighted by molar-refractivity contribution is 6.36. The van der Waals surface area contributed by atoms with E-state index < -0.39 is 0 Å². The first-order valence-electron chi connectivity index (χ1n) is 8.35. The lowest BCUT2D eigenvalue weighted by Gasteiger charge is -2.23. The van der Waals surface area contributed by atoms with Crippen molar-refractivity contribution in [2.24, 2.45) is 0 Å². The molecule has 0 saturated carbocycles. The first kappa shape index (κ1) is 19.2. The molecule has 0 bridgehead atoms. The number of nitrogens with zero attached hydrogens (tertiary/aromatic N) is 1. The monoisotopic (exact) mass is 404 g/mol. The molecule has 2 unspecified atom stereocenters. The van der Waals surface area contributed by atoms with E-state index in [1.54, 1.807) is 36.7 Å². The van der Waals surface area contributed by atoms with Crippen LogP contribution in [0.5, 0.6) is 0 Å². The Morgan fingerprint density at radius 2 is 1.67 bits per heavy atom. The summed E-state index contributed by atoms with van der Waals surface area (Å²) in [5, 5.41) is 7.23. The van der Waals surface area contributed by atoms with E-state index in [2.05, 4.69) is 20.6 Å². The summed E-state index contributed by atoms with van der Waals surface area (Å²) in [5.74, 6) is -0.567. The van der Waals surface area contributed by atoms with Crippen LogP contribution < -0.4 is 10.6 Å². The van der Waals surface area contributed by atoms with E-state index in [1.165, 1.54) is 6.07 Å². The number of aromatic nitrogens is 2. The molecular weight excluding hydrogens is 387 g/mol. The predicted octanol–water partition coefficient (Wildman–Crippen LogP) is 3.81. The maximum Gasteiger partial charge on any atom is 0.253 e. The van der Waals surface area contributed by atoms with Gasteiger partial charge in [-0.15, -0.1) is 0 Å². The van der Waals surface area contributed by atoms with Crippen LogP contribution in [-0.4, -0.2) is 33.9 Å². The van der Waals surface area contributed by atoms with Crippen molar-refractivity contribution in [2.45, 2.75) is 25.9 Å². The molecule has 27 heavy (non-hydrogen) atoms. The average Bonchev–Trinajstić information content (AvgIpc) is 3.09. The molecule has 2 heterocycles. The van der Waals surface area contributed by atoms with E-state index in [0.29, 0.717) is 21.8 Å². The Morgan fingerprint density at radius 3 is 2.33 bits per heavy atom. The van der Waals surface area contributed by atoms with Gasteiger partial charge < -0.3 is 15.6 Å². The number of nitrogens with one attached hydrogen (secondary N) is 3. The Labute approximate surface area is 166 Å². The van der Waals surface area contributed by atoms with E-state index in [4.69, 9.17) is 23.2 Å². The fourth-order valence-corrected chi connectivity index (χ4v) is 3.15. The van der Waals surface area contributed by atoms with Crippen LogP contribution in [0, 0.1) is 0 Å². The van der Waals surface area contributed by atoms with Crippen molar-refractivity contribution in [2.75, 3.05) is 0 Å². The molecule has 3 N–H and O–H groups in total. The molecule has 3 aromatic rings. The van der Waals surface area contributed by atoms with Crippen LogP contribution in [0.4, 0.5) is 0 Å². The van der Waals surface area contributed by atoms with Gasteiger partial charge in [0, 0.05) is 34.9 Å². The Hall–Kier alpha value is -2.57. The quantitative estimate of drug-likeness (QED) is 0.604. The summed E-state index contributed by atoms with van der Waals surface area (Å²) < 4.78 is 0. The molecule has 0 spiro atoms. The summed E-state index contributed by atoms with van der Waals surface area (Å²) >= 11 is 11.9. The average molecular weight is 405 g/mol. The standard InChI is InChI=1S/C19H18Cl2N4O2/c1-10(11(2)25-19(27)15-4-3-12(20)9-16(15)21)24-18(26)14-6-8-23-17-13(14)5-7-22-17/h3-11H,1-2H3,(H,22,23)(H,24,26)(H,25,27). The van der Waals surface area contributed by atoms with Crippen LogP contribution >= 0.6 is 23.2 Å². The number of benzene rings is 1. The van der Waals surface area contributed by atoms with Gasteiger partial charge in [-0.2, -0.15) is 0 Å². The van der Waals surface area contributed by atoms with E-state index in [-0.39, 0.29) is 28.9 Å². The van der Waals surface area contributed by atoms with Crippen LogP contribution in [0.15, 0.2) is 42.7 Å². The topological polar surface area (TPSA) is 86.9 Å². The molecule has 0 radical (unpaired) electrons. The second-order valence-corrected chi connectivity index (χ2v) is 7.09. The molecule has 2 amide bonds. The molecule has 6 nitrogen and oxygen atoms in total. The SMILES string of the molecule is CC(NC(=O)c1ccc(Cl)cc1Cl)C(C)NC(=O)c1ccnc2[nH]ccc12. The molecule has 0 fully saturated rings. The minimum atomic E-state index is -0.331. The van der Waals surface area contributed by atoms with E-state index in [0.717, 1.165) is 5.39 Å². The van der Waals surface area contributed by atoms with Gasteiger partial charge in [-0.1, -0.05) is 23.2 Å². The second-order valence-electron chi connectivity index (χ2n) is 6.25. The van der Waals surface area contributed by atoms with Crippen molar-refractivity contribution >= 4 is 46.0 Å². The maximum absolute atomic E-state index is 12.6. The molecule has 0 aliphatic rings.